The smallest absolute Gasteiger partial charge is 0.329 e. The van der Waals surface area contributed by atoms with Crippen LogP contribution in [0.2, 0.25) is 10.0 Å². The molecule has 1 atom stereocenters. The van der Waals surface area contributed by atoms with Gasteiger partial charge < -0.3 is 20.8 Å². The van der Waals surface area contributed by atoms with E-state index in [1.165, 1.54) is 12.1 Å². The number of rotatable bonds is 4. The number of thioether (sulfide) groups is 1. The van der Waals surface area contributed by atoms with Crippen LogP contribution in [0.5, 0.6) is 0 Å². The second kappa shape index (κ2) is 6.92. The van der Waals surface area contributed by atoms with Gasteiger partial charge in [-0.15, -0.1) is 0 Å². The third-order valence-electron chi connectivity index (χ3n) is 4.68. The van der Waals surface area contributed by atoms with Gasteiger partial charge in [-0.2, -0.15) is 11.8 Å². The highest BCUT2D eigenvalue weighted by molar-refractivity contribution is 7.99. The summed E-state index contributed by atoms with van der Waals surface area (Å²) in [5, 5.41) is 25.6. The van der Waals surface area contributed by atoms with Gasteiger partial charge in [0, 0.05) is 10.6 Å². The Labute approximate surface area is 163 Å². The van der Waals surface area contributed by atoms with Gasteiger partial charge in [-0.05, 0) is 36.5 Å². The quantitative estimate of drug-likeness (QED) is 0.593. The maximum atomic E-state index is 12.5. The Morgan fingerprint density at radius 3 is 2.46 bits per heavy atom. The van der Waals surface area contributed by atoms with Crippen molar-refractivity contribution in [2.75, 3.05) is 16.8 Å². The first-order valence-electron chi connectivity index (χ1n) is 7.84. The summed E-state index contributed by atoms with van der Waals surface area (Å²) in [6.07, 6.45) is -0.118. The average molecular weight is 419 g/mol. The molecule has 10 heteroatoms. The van der Waals surface area contributed by atoms with Crippen LogP contribution in [0.25, 0.3) is 0 Å². The van der Waals surface area contributed by atoms with E-state index in [1.54, 1.807) is 11.8 Å². The number of halogens is 2. The van der Waals surface area contributed by atoms with Gasteiger partial charge in [-0.1, -0.05) is 23.2 Å². The lowest BCUT2D eigenvalue weighted by atomic mass is 9.88. The third kappa shape index (κ3) is 3.15. The van der Waals surface area contributed by atoms with Gasteiger partial charge in [0.2, 0.25) is 5.91 Å². The van der Waals surface area contributed by atoms with Crippen molar-refractivity contribution in [2.45, 2.75) is 30.4 Å². The summed E-state index contributed by atoms with van der Waals surface area (Å²) < 4.78 is 0. The van der Waals surface area contributed by atoms with Gasteiger partial charge in [0.25, 0.3) is 5.91 Å². The normalized spacial score (nSPS) is 23.9. The molecule has 2 aliphatic heterocycles. The molecule has 1 unspecified atom stereocenters. The highest BCUT2D eigenvalue weighted by atomic mass is 35.5. The van der Waals surface area contributed by atoms with Crippen LogP contribution in [0.1, 0.15) is 24.8 Å². The van der Waals surface area contributed by atoms with Gasteiger partial charge in [0.05, 0.1) is 17.1 Å². The Balaban J connectivity index is 1.87. The summed E-state index contributed by atoms with van der Waals surface area (Å²) in [7, 11) is 0. The summed E-state index contributed by atoms with van der Waals surface area (Å²) in [6.45, 7) is 0. The lowest BCUT2D eigenvalue weighted by Gasteiger charge is -2.34. The average Bonchev–Trinajstić information content (AvgIpc) is 2.84. The third-order valence-corrected chi connectivity index (χ3v) is 6.30. The molecule has 2 amide bonds. The van der Waals surface area contributed by atoms with Crippen LogP contribution in [0.4, 0.5) is 5.69 Å². The number of fused-ring (bicyclic) bond motifs is 1. The van der Waals surface area contributed by atoms with Crippen LogP contribution in [-0.2, 0) is 20.0 Å². The van der Waals surface area contributed by atoms with Crippen molar-refractivity contribution in [2.24, 2.45) is 0 Å². The van der Waals surface area contributed by atoms with Crippen molar-refractivity contribution in [1.29, 1.82) is 0 Å². The van der Waals surface area contributed by atoms with Crippen molar-refractivity contribution >= 4 is 58.4 Å². The van der Waals surface area contributed by atoms with Crippen molar-refractivity contribution in [1.82, 2.24) is 5.32 Å². The zero-order chi connectivity index (χ0) is 19.1. The van der Waals surface area contributed by atoms with E-state index in [-0.39, 0.29) is 34.1 Å². The number of carboxylic acid groups (broad SMARTS) is 1. The van der Waals surface area contributed by atoms with Gasteiger partial charge in [-0.3, -0.25) is 9.59 Å². The molecule has 3 rings (SSSR count). The molecule has 0 saturated carbocycles. The summed E-state index contributed by atoms with van der Waals surface area (Å²) in [5.41, 5.74) is -3.43. The lowest BCUT2D eigenvalue weighted by Crippen LogP contribution is -2.57. The monoisotopic (exact) mass is 418 g/mol. The lowest BCUT2D eigenvalue weighted by molar-refractivity contribution is -0.150. The van der Waals surface area contributed by atoms with Crippen LogP contribution in [0.15, 0.2) is 12.1 Å². The van der Waals surface area contributed by atoms with E-state index < -0.39 is 35.3 Å². The number of benzene rings is 1. The van der Waals surface area contributed by atoms with E-state index in [2.05, 4.69) is 10.6 Å². The van der Waals surface area contributed by atoms with Gasteiger partial charge in [0.1, 0.15) is 5.54 Å². The van der Waals surface area contributed by atoms with E-state index in [1.807, 2.05) is 0 Å². The first-order chi connectivity index (χ1) is 12.2. The number of amides is 2. The molecule has 140 valence electrons. The van der Waals surface area contributed by atoms with Crippen LogP contribution >= 0.6 is 35.0 Å². The molecule has 0 bridgehead atoms. The molecule has 0 radical (unpaired) electrons. The highest BCUT2D eigenvalue weighted by Crippen LogP contribution is 2.46. The van der Waals surface area contributed by atoms with E-state index in [4.69, 9.17) is 23.2 Å². The molecule has 2 heterocycles. The number of carboxylic acids is 1. The van der Waals surface area contributed by atoms with E-state index in [0.717, 1.165) is 0 Å². The molecule has 1 fully saturated rings. The minimum Gasteiger partial charge on any atom is -0.480 e. The van der Waals surface area contributed by atoms with Gasteiger partial charge in [-0.25, -0.2) is 4.79 Å². The van der Waals surface area contributed by atoms with Crippen molar-refractivity contribution < 1.29 is 24.6 Å². The number of carbonyl (C=O) groups is 3. The molecule has 1 aromatic rings. The van der Waals surface area contributed by atoms with E-state index in [0.29, 0.717) is 11.5 Å². The van der Waals surface area contributed by atoms with Gasteiger partial charge >= 0.3 is 5.97 Å². The Morgan fingerprint density at radius 2 is 1.85 bits per heavy atom. The van der Waals surface area contributed by atoms with Crippen molar-refractivity contribution in [3.8, 4) is 0 Å². The molecule has 2 aliphatic rings. The van der Waals surface area contributed by atoms with Gasteiger partial charge in [0.15, 0.2) is 5.60 Å². The Hall–Kier alpha value is -1.48. The minimum atomic E-state index is -2.22. The molecule has 0 aromatic heterocycles. The topological polar surface area (TPSA) is 116 Å². The zero-order valence-corrected chi connectivity index (χ0v) is 15.8. The molecule has 0 spiro atoms. The fraction of sp³-hybridized carbons (Fsp3) is 0.438. The second-order valence-corrected chi connectivity index (χ2v) is 8.36. The molecule has 0 aliphatic carbocycles. The zero-order valence-electron chi connectivity index (χ0n) is 13.5. The second-order valence-electron chi connectivity index (χ2n) is 6.32. The minimum absolute atomic E-state index is 0.0235. The SMILES string of the molecule is O=C(CC1(O)C(=O)Nc2c(Cl)ccc(Cl)c21)NC1(C(=O)O)CCSCC1. The molecular formula is C16H16Cl2N2O5S. The number of hydrogen-bond donors (Lipinski definition) is 4. The molecule has 1 saturated heterocycles. The largest absolute Gasteiger partial charge is 0.480 e. The maximum absolute atomic E-state index is 12.5. The standard InChI is InChI=1S/C16H16Cl2N2O5S/c17-8-1-2-9(18)12-11(8)16(25,13(22)19-12)7-10(21)20-15(14(23)24)3-5-26-6-4-15/h1-2,25H,3-7H2,(H,19,22)(H,20,21)(H,23,24). The molecule has 7 nitrogen and oxygen atoms in total. The van der Waals surface area contributed by atoms with Crippen molar-refractivity contribution in [3.63, 3.8) is 0 Å². The predicted octanol–water partition coefficient (Wildman–Crippen LogP) is 1.99. The Kier molecular flexibility index (Phi) is 5.13. The highest BCUT2D eigenvalue weighted by Gasteiger charge is 2.50. The fourth-order valence-corrected chi connectivity index (χ4v) is 4.94. The summed E-state index contributed by atoms with van der Waals surface area (Å²) in [5.74, 6) is -1.51. The Bertz CT molecular complexity index is 797. The predicted molar refractivity (Wildman–Crippen MR) is 98.7 cm³/mol. The van der Waals surface area contributed by atoms with Crippen LogP contribution in [0.3, 0.4) is 0 Å². The fourth-order valence-electron chi connectivity index (χ4n) is 3.23. The molecule has 1 aromatic carbocycles. The number of aliphatic hydroxyl groups is 1. The summed E-state index contributed by atoms with van der Waals surface area (Å²) >= 11 is 13.7. The van der Waals surface area contributed by atoms with E-state index in [9.17, 15) is 24.6 Å². The molecular weight excluding hydrogens is 403 g/mol. The van der Waals surface area contributed by atoms with Crippen LogP contribution in [0, 0.1) is 0 Å². The number of hydrogen-bond acceptors (Lipinski definition) is 5. The Morgan fingerprint density at radius 1 is 1.23 bits per heavy atom. The van der Waals surface area contributed by atoms with Crippen molar-refractivity contribution in [3.05, 3.63) is 27.7 Å². The number of carbonyl (C=O) groups excluding carboxylic acids is 2. The first-order valence-corrected chi connectivity index (χ1v) is 9.75. The van der Waals surface area contributed by atoms with E-state index >= 15 is 0 Å². The van der Waals surface area contributed by atoms with Crippen LogP contribution in [-0.4, -0.2) is 45.0 Å². The number of nitrogens with one attached hydrogen (secondary N) is 2. The molecule has 26 heavy (non-hydrogen) atoms. The van der Waals surface area contributed by atoms with Crippen LogP contribution < -0.4 is 10.6 Å². The maximum Gasteiger partial charge on any atom is 0.329 e. The number of aliphatic carboxylic acids is 1. The molecule has 4 N–H and O–H groups in total. The first kappa shape index (κ1) is 19.3. The number of anilines is 1. The summed E-state index contributed by atoms with van der Waals surface area (Å²) in [4.78, 5) is 36.5. The summed E-state index contributed by atoms with van der Waals surface area (Å²) in [6, 6.07) is 2.89.